The fourth-order valence-electron chi connectivity index (χ4n) is 5.56. The highest BCUT2D eigenvalue weighted by Crippen LogP contribution is 2.43. The molecule has 0 bridgehead atoms. The first-order valence-electron chi connectivity index (χ1n) is 13.2. The Labute approximate surface area is 222 Å². The number of likely N-dealkylation sites (tertiary alicyclic amines) is 1. The van der Waals surface area contributed by atoms with E-state index in [9.17, 15) is 14.7 Å². The fraction of sp³-hybridized carbons (Fsp3) is 0.400. The van der Waals surface area contributed by atoms with Gasteiger partial charge in [0.25, 0.3) is 0 Å². The number of ether oxygens (including phenoxy) is 3. The quantitative estimate of drug-likeness (QED) is 0.345. The van der Waals surface area contributed by atoms with Crippen LogP contribution >= 0.6 is 0 Å². The summed E-state index contributed by atoms with van der Waals surface area (Å²) in [6.45, 7) is 8.51. The zero-order valence-corrected chi connectivity index (χ0v) is 22.4. The molecule has 0 radical (unpaired) electrons. The molecule has 2 aliphatic heterocycles. The lowest BCUT2D eigenvalue weighted by atomic mass is 9.96. The smallest absolute Gasteiger partial charge is 0.310 e. The summed E-state index contributed by atoms with van der Waals surface area (Å²) in [6, 6.07) is 7.51. The Morgan fingerprint density at radius 3 is 2.82 bits per heavy atom. The second kappa shape index (κ2) is 10.5. The molecule has 1 N–H and O–H groups in total. The van der Waals surface area contributed by atoms with Crippen molar-refractivity contribution >= 4 is 28.7 Å². The number of fused-ring (bicyclic) bond motifs is 2. The number of aromatic hydroxyl groups is 1. The number of aromatic nitrogens is 1. The van der Waals surface area contributed by atoms with E-state index < -0.39 is 0 Å². The molecule has 1 aromatic heterocycles. The van der Waals surface area contributed by atoms with E-state index in [1.54, 1.807) is 26.2 Å². The molecule has 8 heteroatoms. The maximum atomic E-state index is 13.5. The van der Waals surface area contributed by atoms with Gasteiger partial charge in [-0.1, -0.05) is 0 Å². The van der Waals surface area contributed by atoms with Crippen molar-refractivity contribution in [1.82, 2.24) is 9.47 Å². The Kier molecular flexibility index (Phi) is 7.17. The Morgan fingerprint density at radius 2 is 2.08 bits per heavy atom. The van der Waals surface area contributed by atoms with Crippen LogP contribution in [-0.2, 0) is 22.6 Å². The second-order valence-corrected chi connectivity index (χ2v) is 9.91. The number of nitrogens with zero attached hydrogens (tertiary/aromatic N) is 2. The van der Waals surface area contributed by atoms with Crippen LogP contribution in [0.1, 0.15) is 53.7 Å². The number of methoxy groups -OCH3 is 1. The highest BCUT2D eigenvalue weighted by atomic mass is 16.5. The molecule has 1 unspecified atom stereocenters. The van der Waals surface area contributed by atoms with Gasteiger partial charge in [0.2, 0.25) is 5.78 Å². The minimum Gasteiger partial charge on any atom is -0.507 e. The molecule has 3 heterocycles. The van der Waals surface area contributed by atoms with Gasteiger partial charge >= 0.3 is 5.97 Å². The topological polar surface area (TPSA) is 90.2 Å². The lowest BCUT2D eigenvalue weighted by Crippen LogP contribution is -2.39. The fourth-order valence-corrected chi connectivity index (χ4v) is 5.56. The van der Waals surface area contributed by atoms with Crippen LogP contribution in [-0.4, -0.2) is 53.1 Å². The number of piperidine rings is 1. The van der Waals surface area contributed by atoms with Gasteiger partial charge in [-0.2, -0.15) is 0 Å². The molecular formula is C30H34N2O6. The van der Waals surface area contributed by atoms with Crippen LogP contribution in [0.4, 0.5) is 0 Å². The molecule has 2 aliphatic rings. The van der Waals surface area contributed by atoms with Crippen molar-refractivity contribution in [3.63, 3.8) is 0 Å². The van der Waals surface area contributed by atoms with E-state index in [1.165, 1.54) is 0 Å². The van der Waals surface area contributed by atoms with Gasteiger partial charge in [0, 0.05) is 42.3 Å². The minimum absolute atomic E-state index is 0.0841. The largest absolute Gasteiger partial charge is 0.507 e. The monoisotopic (exact) mass is 518 g/mol. The summed E-state index contributed by atoms with van der Waals surface area (Å²) in [4.78, 5) is 28.0. The SMILES string of the molecule is CCOC(=O)C1CCCN(Cc2c(O)cc(C)c3c2O/C(=C\c2cn(CC)c4ccc(OC)cc24)C3=O)C1. The summed E-state index contributed by atoms with van der Waals surface area (Å²) >= 11 is 0. The molecule has 0 aliphatic carbocycles. The van der Waals surface area contributed by atoms with Crippen molar-refractivity contribution in [2.45, 2.75) is 46.7 Å². The van der Waals surface area contributed by atoms with Crippen molar-refractivity contribution in [3.05, 3.63) is 58.5 Å². The zero-order chi connectivity index (χ0) is 27.0. The van der Waals surface area contributed by atoms with E-state index in [0.717, 1.165) is 48.1 Å². The number of carbonyl (C=O) groups excluding carboxylic acids is 2. The number of phenolic OH excluding ortho intramolecular Hbond substituents is 1. The first-order valence-corrected chi connectivity index (χ1v) is 13.2. The van der Waals surface area contributed by atoms with Gasteiger partial charge < -0.3 is 23.9 Å². The number of benzene rings is 2. The first-order chi connectivity index (χ1) is 18.3. The number of hydrogen-bond donors (Lipinski definition) is 1. The number of ketones is 1. The molecule has 0 spiro atoms. The molecule has 5 rings (SSSR count). The van der Waals surface area contributed by atoms with E-state index in [-0.39, 0.29) is 29.2 Å². The molecule has 0 amide bonds. The van der Waals surface area contributed by atoms with Crippen molar-refractivity contribution in [3.8, 4) is 17.2 Å². The average Bonchev–Trinajstić information content (AvgIpc) is 3.43. The van der Waals surface area contributed by atoms with Gasteiger partial charge in [0.1, 0.15) is 17.2 Å². The Hall–Kier alpha value is -3.78. The van der Waals surface area contributed by atoms with Gasteiger partial charge in [-0.05, 0) is 76.1 Å². The van der Waals surface area contributed by atoms with Gasteiger partial charge in [-0.25, -0.2) is 0 Å². The van der Waals surface area contributed by atoms with Crippen LogP contribution in [0, 0.1) is 12.8 Å². The lowest BCUT2D eigenvalue weighted by Gasteiger charge is -2.31. The Balaban J connectivity index is 1.48. The van der Waals surface area contributed by atoms with Gasteiger partial charge in [-0.15, -0.1) is 0 Å². The third kappa shape index (κ3) is 4.65. The Bertz CT molecular complexity index is 1440. The summed E-state index contributed by atoms with van der Waals surface area (Å²) in [5, 5.41) is 11.9. The van der Waals surface area contributed by atoms with Crippen LogP contribution in [0.2, 0.25) is 0 Å². The molecule has 1 fully saturated rings. The van der Waals surface area contributed by atoms with E-state index in [1.807, 2.05) is 31.3 Å². The maximum absolute atomic E-state index is 13.5. The first kappa shape index (κ1) is 25.9. The molecule has 0 saturated carbocycles. The summed E-state index contributed by atoms with van der Waals surface area (Å²) in [7, 11) is 1.63. The predicted octanol–water partition coefficient (Wildman–Crippen LogP) is 5.08. The summed E-state index contributed by atoms with van der Waals surface area (Å²) in [5.74, 6) is 0.844. The predicted molar refractivity (Wildman–Crippen MR) is 145 cm³/mol. The molecule has 200 valence electrons. The zero-order valence-electron chi connectivity index (χ0n) is 22.4. The number of rotatable bonds is 7. The van der Waals surface area contributed by atoms with Crippen LogP contribution in [0.5, 0.6) is 17.2 Å². The molecule has 3 aromatic rings. The van der Waals surface area contributed by atoms with E-state index in [4.69, 9.17) is 14.2 Å². The average molecular weight is 519 g/mol. The molecule has 2 aromatic carbocycles. The van der Waals surface area contributed by atoms with Crippen molar-refractivity contribution in [2.24, 2.45) is 5.92 Å². The molecule has 1 atom stereocenters. The van der Waals surface area contributed by atoms with Crippen molar-refractivity contribution in [2.75, 3.05) is 26.8 Å². The van der Waals surface area contributed by atoms with Crippen LogP contribution in [0.3, 0.4) is 0 Å². The van der Waals surface area contributed by atoms with Crippen molar-refractivity contribution < 1.29 is 28.9 Å². The summed E-state index contributed by atoms with van der Waals surface area (Å²) in [5.41, 5.74) is 3.59. The van der Waals surface area contributed by atoms with Gasteiger partial charge in [0.05, 0.1) is 30.8 Å². The van der Waals surface area contributed by atoms with E-state index in [0.29, 0.717) is 42.1 Å². The summed E-state index contributed by atoms with van der Waals surface area (Å²) in [6.07, 6.45) is 5.42. The molecular weight excluding hydrogens is 484 g/mol. The highest BCUT2D eigenvalue weighted by molar-refractivity contribution is 6.16. The number of carbonyl (C=O) groups is 2. The number of aryl methyl sites for hydroxylation is 2. The van der Waals surface area contributed by atoms with E-state index >= 15 is 0 Å². The highest BCUT2D eigenvalue weighted by Gasteiger charge is 2.35. The second-order valence-electron chi connectivity index (χ2n) is 9.91. The molecule has 8 nitrogen and oxygen atoms in total. The Morgan fingerprint density at radius 1 is 1.26 bits per heavy atom. The van der Waals surface area contributed by atoms with Gasteiger partial charge in [0.15, 0.2) is 5.76 Å². The minimum atomic E-state index is -0.206. The maximum Gasteiger partial charge on any atom is 0.310 e. The van der Waals surface area contributed by atoms with Crippen molar-refractivity contribution in [1.29, 1.82) is 0 Å². The number of Topliss-reactive ketones (excluding diaryl/α,β-unsaturated/α-hetero) is 1. The van der Waals surface area contributed by atoms with Crippen LogP contribution in [0.15, 0.2) is 36.2 Å². The number of allylic oxidation sites excluding steroid dienone is 1. The van der Waals surface area contributed by atoms with Crippen LogP contribution < -0.4 is 9.47 Å². The van der Waals surface area contributed by atoms with E-state index in [2.05, 4.69) is 16.4 Å². The standard InChI is InChI=1S/C30H34N2O6/c1-5-32-16-20(22-14-21(36-4)9-10-24(22)32)13-26-28(34)27-18(3)12-25(33)23(29(27)38-26)17-31-11-7-8-19(15-31)30(35)37-6-2/h9-10,12-14,16,19,33H,5-8,11,15,17H2,1-4H3/b26-13-. The number of hydrogen-bond acceptors (Lipinski definition) is 7. The lowest BCUT2D eigenvalue weighted by molar-refractivity contribution is -0.150. The van der Waals surface area contributed by atoms with Crippen LogP contribution in [0.25, 0.3) is 17.0 Å². The normalized spacial score (nSPS) is 18.6. The third-order valence-electron chi connectivity index (χ3n) is 7.47. The third-order valence-corrected chi connectivity index (χ3v) is 7.47. The number of esters is 1. The molecule has 1 saturated heterocycles. The molecule has 38 heavy (non-hydrogen) atoms. The van der Waals surface area contributed by atoms with Gasteiger partial charge in [-0.3, -0.25) is 14.5 Å². The summed E-state index contributed by atoms with van der Waals surface area (Å²) < 4.78 is 19.0. The number of phenols is 1.